The van der Waals surface area contributed by atoms with Crippen molar-refractivity contribution < 1.29 is 32.3 Å². The van der Waals surface area contributed by atoms with Crippen LogP contribution >= 0.6 is 11.8 Å². The van der Waals surface area contributed by atoms with Crippen LogP contribution in [0.1, 0.15) is 71.6 Å². The Morgan fingerprint density at radius 2 is 1.75 bits per heavy atom. The van der Waals surface area contributed by atoms with Crippen LogP contribution in [-0.2, 0) is 26.2 Å². The number of benzene rings is 4. The molecule has 0 aromatic heterocycles. The van der Waals surface area contributed by atoms with Crippen LogP contribution in [-0.4, -0.2) is 78.0 Å². The lowest BCUT2D eigenvalue weighted by Crippen LogP contribution is -2.52. The van der Waals surface area contributed by atoms with Gasteiger partial charge in [-0.15, -0.1) is 11.8 Å². The first-order valence-electron chi connectivity index (χ1n) is 19.6. The van der Waals surface area contributed by atoms with Crippen molar-refractivity contribution in [2.45, 2.75) is 79.9 Å². The molecule has 8 rings (SSSR count). The van der Waals surface area contributed by atoms with Gasteiger partial charge < -0.3 is 20.6 Å². The first kappa shape index (κ1) is 39.1. The Kier molecular flexibility index (Phi) is 11.1. The lowest BCUT2D eigenvalue weighted by molar-refractivity contribution is -0.136. The van der Waals surface area contributed by atoms with E-state index in [0.717, 1.165) is 70.8 Å². The van der Waals surface area contributed by atoms with Gasteiger partial charge in [-0.2, -0.15) is 4.31 Å². The highest BCUT2D eigenvalue weighted by molar-refractivity contribution is 7.99. The predicted molar refractivity (Wildman–Crippen MR) is 218 cm³/mol. The third kappa shape index (κ3) is 7.80. The van der Waals surface area contributed by atoms with Crippen molar-refractivity contribution in [1.82, 2.24) is 14.5 Å². The van der Waals surface area contributed by atoms with Gasteiger partial charge in [0.2, 0.25) is 21.8 Å². The van der Waals surface area contributed by atoms with Crippen LogP contribution in [0.5, 0.6) is 0 Å². The molecule has 0 bridgehead atoms. The van der Waals surface area contributed by atoms with E-state index in [4.69, 9.17) is 0 Å². The summed E-state index contributed by atoms with van der Waals surface area (Å²) in [6, 6.07) is 22.6. The number of halogens is 1. The SMILES string of the molecule is Cc1ccc(S(=O)(=O)N2CC[C@@H]3[C@H](CO)Nc4ccc(-c5cccc(NCCCCCSc6cc(F)cc7c6CN(C6CCC(=O)NC6=O)C7=O)c5)cc4[C@@H]32)cc1. The van der Waals surface area contributed by atoms with Crippen molar-refractivity contribution in [2.75, 3.05) is 36.1 Å². The Bertz CT molecular complexity index is 2320. The summed E-state index contributed by atoms with van der Waals surface area (Å²) in [6.45, 7) is 3.20. The molecule has 0 aliphatic carbocycles. The maximum absolute atomic E-state index is 14.6. The normalized spacial score (nSPS) is 21.8. The second-order valence-electron chi connectivity index (χ2n) is 15.3. The summed E-state index contributed by atoms with van der Waals surface area (Å²) < 4.78 is 44.2. The number of hydrogen-bond acceptors (Lipinski definition) is 9. The number of hydrogen-bond donors (Lipinski definition) is 4. The molecular weight excluding hydrogens is 766 g/mol. The van der Waals surface area contributed by atoms with Crippen LogP contribution in [0.4, 0.5) is 15.8 Å². The first-order chi connectivity index (χ1) is 27.5. The van der Waals surface area contributed by atoms with Gasteiger partial charge in [0.1, 0.15) is 11.9 Å². The standard InChI is InChI=1S/C43H46FN5O6S2/c1-26-8-11-31(12-9-26)57(54,55)49-18-16-32-37(25-50)46-36-13-10-28(21-34(36)41(32)49)27-6-5-7-30(20-27)45-17-3-2-4-19-56-39-23-29(44)22-33-35(39)24-48(43(33)53)38-14-15-40(51)47-42(38)52/h5-13,20-23,32,37-38,41,45-46,50H,2-4,14-19,24-25H2,1H3,(H,47,51,52)/t32-,37+,38?,41-/m1/s1. The number of nitrogens with one attached hydrogen (secondary N) is 3. The zero-order valence-corrected chi connectivity index (χ0v) is 33.3. The van der Waals surface area contributed by atoms with Gasteiger partial charge in [-0.25, -0.2) is 12.8 Å². The molecule has 11 nitrogen and oxygen atoms in total. The van der Waals surface area contributed by atoms with Gasteiger partial charge in [-0.1, -0.05) is 42.3 Å². The minimum Gasteiger partial charge on any atom is -0.394 e. The molecular formula is C43H46FN5O6S2. The van der Waals surface area contributed by atoms with Crippen molar-refractivity contribution in [1.29, 1.82) is 0 Å². The molecule has 14 heteroatoms. The van der Waals surface area contributed by atoms with Crippen LogP contribution < -0.4 is 16.0 Å². The zero-order chi connectivity index (χ0) is 39.8. The topological polar surface area (TPSA) is 148 Å². The Balaban J connectivity index is 0.875. The van der Waals surface area contributed by atoms with Crippen LogP contribution in [0, 0.1) is 18.7 Å². The Labute approximate surface area is 336 Å². The molecule has 4 N–H and O–H groups in total. The van der Waals surface area contributed by atoms with E-state index in [9.17, 15) is 32.3 Å². The molecule has 298 valence electrons. The zero-order valence-electron chi connectivity index (χ0n) is 31.7. The maximum atomic E-state index is 14.6. The number of carbonyl (C=O) groups excluding carboxylic acids is 3. The second kappa shape index (κ2) is 16.2. The van der Waals surface area contributed by atoms with E-state index in [0.29, 0.717) is 17.9 Å². The number of carbonyl (C=O) groups is 3. The molecule has 4 aliphatic rings. The number of nitrogens with zero attached hydrogens (tertiary/aromatic N) is 2. The van der Waals surface area contributed by atoms with Gasteiger partial charge in [-0.05, 0) is 109 Å². The van der Waals surface area contributed by atoms with Crippen molar-refractivity contribution in [3.8, 4) is 11.1 Å². The molecule has 57 heavy (non-hydrogen) atoms. The highest BCUT2D eigenvalue weighted by atomic mass is 32.2. The maximum Gasteiger partial charge on any atom is 0.255 e. The second-order valence-corrected chi connectivity index (χ2v) is 18.3. The van der Waals surface area contributed by atoms with E-state index in [-0.39, 0.29) is 60.2 Å². The summed E-state index contributed by atoms with van der Waals surface area (Å²) in [5.41, 5.74) is 6.70. The van der Waals surface area contributed by atoms with Crippen LogP contribution in [0.15, 0.2) is 88.7 Å². The number of aryl methyl sites for hydroxylation is 1. The fourth-order valence-electron chi connectivity index (χ4n) is 8.67. The number of sulfonamides is 1. The van der Waals surface area contributed by atoms with Crippen LogP contribution in [0.25, 0.3) is 11.1 Å². The smallest absolute Gasteiger partial charge is 0.255 e. The van der Waals surface area contributed by atoms with E-state index < -0.39 is 33.8 Å². The third-order valence-corrected chi connectivity index (χ3v) is 14.7. The van der Waals surface area contributed by atoms with Crippen LogP contribution in [0.3, 0.4) is 0 Å². The lowest BCUT2D eigenvalue weighted by Gasteiger charge is -2.39. The average molecular weight is 812 g/mol. The molecule has 4 aromatic rings. The number of piperidine rings is 1. The summed E-state index contributed by atoms with van der Waals surface area (Å²) in [6.07, 6.45) is 3.82. The number of fused-ring (bicyclic) bond motifs is 4. The van der Waals surface area contributed by atoms with E-state index in [1.807, 2.05) is 49.4 Å². The quantitative estimate of drug-likeness (QED) is 0.0678. The highest BCUT2D eigenvalue weighted by Gasteiger charge is 2.48. The molecule has 4 atom stereocenters. The molecule has 0 saturated carbocycles. The van der Waals surface area contributed by atoms with Gasteiger partial charge in [-0.3, -0.25) is 19.7 Å². The number of amides is 3. The monoisotopic (exact) mass is 811 g/mol. The molecule has 0 radical (unpaired) electrons. The molecule has 2 saturated heterocycles. The molecule has 4 heterocycles. The molecule has 3 amide bonds. The number of aliphatic hydroxyl groups is 1. The largest absolute Gasteiger partial charge is 0.394 e. The lowest BCUT2D eigenvalue weighted by atomic mass is 9.82. The highest BCUT2D eigenvalue weighted by Crippen LogP contribution is 2.49. The number of anilines is 2. The molecule has 2 fully saturated rings. The summed E-state index contributed by atoms with van der Waals surface area (Å²) in [5.74, 6) is -1.03. The fourth-order valence-corrected chi connectivity index (χ4v) is 11.4. The van der Waals surface area contributed by atoms with Crippen molar-refractivity contribution in [2.24, 2.45) is 5.92 Å². The van der Waals surface area contributed by atoms with Crippen molar-refractivity contribution >= 4 is 50.9 Å². The fraction of sp³-hybridized carbons (Fsp3) is 0.372. The number of imide groups is 1. The Morgan fingerprint density at radius 3 is 2.54 bits per heavy atom. The van der Waals surface area contributed by atoms with Gasteiger partial charge in [0, 0.05) is 53.8 Å². The number of thioether (sulfide) groups is 1. The van der Waals surface area contributed by atoms with Crippen molar-refractivity contribution in [3.05, 3.63) is 107 Å². The summed E-state index contributed by atoms with van der Waals surface area (Å²) in [4.78, 5) is 39.7. The minimum absolute atomic E-state index is 0.0707. The summed E-state index contributed by atoms with van der Waals surface area (Å²) in [5, 5.41) is 19.6. The predicted octanol–water partition coefficient (Wildman–Crippen LogP) is 6.47. The summed E-state index contributed by atoms with van der Waals surface area (Å²) in [7, 11) is -3.77. The van der Waals surface area contributed by atoms with E-state index in [2.05, 4.69) is 28.1 Å². The molecule has 4 aromatic carbocycles. The minimum atomic E-state index is -3.77. The van der Waals surface area contributed by atoms with E-state index >= 15 is 0 Å². The summed E-state index contributed by atoms with van der Waals surface area (Å²) >= 11 is 1.52. The van der Waals surface area contributed by atoms with Gasteiger partial charge in [0.15, 0.2) is 0 Å². The number of rotatable bonds is 13. The van der Waals surface area contributed by atoms with Crippen LogP contribution in [0.2, 0.25) is 0 Å². The van der Waals surface area contributed by atoms with E-state index in [1.54, 1.807) is 16.4 Å². The Morgan fingerprint density at radius 1 is 0.947 bits per heavy atom. The first-order valence-corrected chi connectivity index (χ1v) is 22.0. The Hall–Kier alpha value is -4.76. The number of aliphatic hydroxyl groups excluding tert-OH is 1. The van der Waals surface area contributed by atoms with Gasteiger partial charge >= 0.3 is 0 Å². The third-order valence-electron chi connectivity index (χ3n) is 11.6. The molecule has 4 aliphatic heterocycles. The van der Waals surface area contributed by atoms with Gasteiger partial charge in [0.05, 0.1) is 23.6 Å². The average Bonchev–Trinajstić information content (AvgIpc) is 3.80. The van der Waals surface area contributed by atoms with Gasteiger partial charge in [0.25, 0.3) is 5.91 Å². The molecule has 0 spiro atoms. The molecule has 1 unspecified atom stereocenters. The number of unbranched alkanes of at least 4 members (excludes halogenated alkanes) is 2. The van der Waals surface area contributed by atoms with E-state index in [1.165, 1.54) is 28.8 Å². The van der Waals surface area contributed by atoms with Crippen molar-refractivity contribution in [3.63, 3.8) is 0 Å².